The van der Waals surface area contributed by atoms with Crippen LogP contribution >= 0.6 is 22.6 Å². The summed E-state index contributed by atoms with van der Waals surface area (Å²) in [6.45, 7) is 1.93. The monoisotopic (exact) mass is 290 g/mol. The van der Waals surface area contributed by atoms with Crippen molar-refractivity contribution in [2.24, 2.45) is 0 Å². The largest absolute Gasteiger partial charge is 0.481 e. The van der Waals surface area contributed by atoms with Gasteiger partial charge in [0, 0.05) is 3.57 Å². The van der Waals surface area contributed by atoms with Gasteiger partial charge in [-0.3, -0.25) is 4.79 Å². The van der Waals surface area contributed by atoms with Crippen LogP contribution in [0.4, 0.5) is 0 Å². The number of aliphatic carboxylic acids is 1. The van der Waals surface area contributed by atoms with Crippen LogP contribution in [0.2, 0.25) is 0 Å². The molecule has 0 amide bonds. The van der Waals surface area contributed by atoms with Gasteiger partial charge in [0.25, 0.3) is 0 Å². The van der Waals surface area contributed by atoms with Gasteiger partial charge in [0.15, 0.2) is 0 Å². The van der Waals surface area contributed by atoms with Gasteiger partial charge in [0.1, 0.15) is 0 Å². The average Bonchev–Trinajstić information content (AvgIpc) is 2.03. The van der Waals surface area contributed by atoms with E-state index in [1.54, 1.807) is 0 Å². The molecule has 3 heteroatoms. The molecule has 0 aliphatic carbocycles. The standard InChI is InChI=1S/C10H11IO2/c1-7(5-10(12)13)8-3-2-4-9(11)6-8/h2-4,6-7H,5H2,1H3,(H,12,13). The molecule has 0 aliphatic heterocycles. The molecule has 0 spiro atoms. The normalized spacial score (nSPS) is 12.5. The molecule has 1 aromatic carbocycles. The number of hydrogen-bond donors (Lipinski definition) is 1. The van der Waals surface area contributed by atoms with Crippen molar-refractivity contribution in [1.29, 1.82) is 0 Å². The molecule has 0 aromatic heterocycles. The van der Waals surface area contributed by atoms with Crippen LogP contribution in [0.1, 0.15) is 24.8 Å². The summed E-state index contributed by atoms with van der Waals surface area (Å²) in [4.78, 5) is 10.5. The van der Waals surface area contributed by atoms with Gasteiger partial charge in [0.2, 0.25) is 0 Å². The molecule has 0 aliphatic rings. The summed E-state index contributed by atoms with van der Waals surface area (Å²) in [6.07, 6.45) is 0.195. The maximum Gasteiger partial charge on any atom is 0.303 e. The first-order valence-electron chi connectivity index (χ1n) is 4.07. The van der Waals surface area contributed by atoms with Crippen molar-refractivity contribution in [1.82, 2.24) is 0 Å². The highest BCUT2D eigenvalue weighted by Gasteiger charge is 2.09. The second-order valence-corrected chi connectivity index (χ2v) is 4.30. The summed E-state index contributed by atoms with van der Waals surface area (Å²) in [7, 11) is 0. The Labute approximate surface area is 91.1 Å². The molecule has 0 heterocycles. The van der Waals surface area contributed by atoms with Gasteiger partial charge in [-0.05, 0) is 46.2 Å². The van der Waals surface area contributed by atoms with Crippen LogP contribution in [0.5, 0.6) is 0 Å². The maximum atomic E-state index is 10.5. The van der Waals surface area contributed by atoms with Crippen LogP contribution < -0.4 is 0 Å². The van der Waals surface area contributed by atoms with E-state index in [2.05, 4.69) is 22.6 Å². The molecule has 13 heavy (non-hydrogen) atoms. The van der Waals surface area contributed by atoms with E-state index in [1.165, 1.54) is 0 Å². The van der Waals surface area contributed by atoms with Gasteiger partial charge >= 0.3 is 5.97 Å². The van der Waals surface area contributed by atoms with Gasteiger partial charge in [-0.25, -0.2) is 0 Å². The molecule has 1 unspecified atom stereocenters. The number of carbonyl (C=O) groups is 1. The number of carboxylic acid groups (broad SMARTS) is 1. The number of rotatable bonds is 3. The third-order valence-corrected chi connectivity index (χ3v) is 2.57. The Morgan fingerprint density at radius 2 is 2.31 bits per heavy atom. The predicted octanol–water partition coefficient (Wildman–Crippen LogP) is 2.87. The second-order valence-electron chi connectivity index (χ2n) is 3.05. The van der Waals surface area contributed by atoms with Gasteiger partial charge < -0.3 is 5.11 Å². The van der Waals surface area contributed by atoms with Crippen LogP contribution in [0.15, 0.2) is 24.3 Å². The molecule has 1 N–H and O–H groups in total. The fourth-order valence-electron chi connectivity index (χ4n) is 1.19. The first-order valence-corrected chi connectivity index (χ1v) is 5.14. The zero-order valence-corrected chi connectivity index (χ0v) is 9.48. The number of hydrogen-bond acceptors (Lipinski definition) is 1. The molecule has 0 fully saturated rings. The van der Waals surface area contributed by atoms with Gasteiger partial charge in [-0.1, -0.05) is 19.1 Å². The van der Waals surface area contributed by atoms with Crippen molar-refractivity contribution in [3.05, 3.63) is 33.4 Å². The molecular formula is C10H11IO2. The summed E-state index contributed by atoms with van der Waals surface area (Å²) in [5.74, 6) is -0.654. The smallest absolute Gasteiger partial charge is 0.303 e. The lowest BCUT2D eigenvalue weighted by molar-refractivity contribution is -0.137. The van der Waals surface area contributed by atoms with Gasteiger partial charge in [-0.15, -0.1) is 0 Å². The quantitative estimate of drug-likeness (QED) is 0.869. The van der Waals surface area contributed by atoms with E-state index in [0.29, 0.717) is 0 Å². The summed E-state index contributed by atoms with van der Waals surface area (Å²) in [5.41, 5.74) is 1.09. The Morgan fingerprint density at radius 3 is 2.85 bits per heavy atom. The zero-order valence-electron chi connectivity index (χ0n) is 7.33. The van der Waals surface area contributed by atoms with Crippen LogP contribution in [-0.4, -0.2) is 11.1 Å². The second kappa shape index (κ2) is 4.60. The topological polar surface area (TPSA) is 37.3 Å². The molecule has 2 nitrogen and oxygen atoms in total. The fraction of sp³-hybridized carbons (Fsp3) is 0.300. The summed E-state index contributed by atoms with van der Waals surface area (Å²) < 4.78 is 1.15. The van der Waals surface area contributed by atoms with E-state index < -0.39 is 5.97 Å². The van der Waals surface area contributed by atoms with E-state index in [1.807, 2.05) is 31.2 Å². The third-order valence-electron chi connectivity index (χ3n) is 1.90. The molecule has 70 valence electrons. The van der Waals surface area contributed by atoms with Crippen molar-refractivity contribution < 1.29 is 9.90 Å². The summed E-state index contributed by atoms with van der Waals surface area (Å²) in [6, 6.07) is 7.94. The number of halogens is 1. The molecular weight excluding hydrogens is 279 g/mol. The van der Waals surface area contributed by atoms with Crippen LogP contribution in [0.25, 0.3) is 0 Å². The highest BCUT2D eigenvalue weighted by Crippen LogP contribution is 2.20. The van der Waals surface area contributed by atoms with Crippen molar-refractivity contribution in [3.63, 3.8) is 0 Å². The molecule has 0 radical (unpaired) electrons. The fourth-order valence-corrected chi connectivity index (χ4v) is 1.76. The molecule has 0 saturated carbocycles. The highest BCUT2D eigenvalue weighted by molar-refractivity contribution is 14.1. The Hall–Kier alpha value is -0.580. The molecule has 1 atom stereocenters. The zero-order chi connectivity index (χ0) is 9.84. The van der Waals surface area contributed by atoms with E-state index in [0.717, 1.165) is 9.13 Å². The Bertz CT molecular complexity index is 310. The molecule has 1 rings (SSSR count). The summed E-state index contributed by atoms with van der Waals surface area (Å²) >= 11 is 2.23. The lowest BCUT2D eigenvalue weighted by atomic mass is 9.98. The van der Waals surface area contributed by atoms with Crippen LogP contribution in [0.3, 0.4) is 0 Å². The number of carboxylic acids is 1. The van der Waals surface area contributed by atoms with E-state index in [4.69, 9.17) is 5.11 Å². The van der Waals surface area contributed by atoms with Crippen molar-refractivity contribution in [3.8, 4) is 0 Å². The van der Waals surface area contributed by atoms with E-state index in [9.17, 15) is 4.79 Å². The van der Waals surface area contributed by atoms with E-state index >= 15 is 0 Å². The molecule has 1 aromatic rings. The minimum absolute atomic E-state index is 0.0900. The SMILES string of the molecule is CC(CC(=O)O)c1cccc(I)c1. The van der Waals surface area contributed by atoms with E-state index in [-0.39, 0.29) is 12.3 Å². The Kier molecular flexibility index (Phi) is 3.71. The highest BCUT2D eigenvalue weighted by atomic mass is 127. The minimum atomic E-state index is -0.744. The Balaban J connectivity index is 2.76. The van der Waals surface area contributed by atoms with Gasteiger partial charge in [0.05, 0.1) is 6.42 Å². The van der Waals surface area contributed by atoms with Crippen molar-refractivity contribution >= 4 is 28.6 Å². The van der Waals surface area contributed by atoms with Crippen LogP contribution in [-0.2, 0) is 4.79 Å². The minimum Gasteiger partial charge on any atom is -0.481 e. The Morgan fingerprint density at radius 1 is 1.62 bits per heavy atom. The van der Waals surface area contributed by atoms with Gasteiger partial charge in [-0.2, -0.15) is 0 Å². The lowest BCUT2D eigenvalue weighted by Gasteiger charge is -2.08. The molecule has 0 saturated heterocycles. The molecule has 0 bridgehead atoms. The summed E-state index contributed by atoms with van der Waals surface area (Å²) in [5, 5.41) is 8.61. The van der Waals surface area contributed by atoms with Crippen LogP contribution in [0, 0.1) is 3.57 Å². The number of benzene rings is 1. The van der Waals surface area contributed by atoms with Crippen molar-refractivity contribution in [2.45, 2.75) is 19.3 Å². The lowest BCUT2D eigenvalue weighted by Crippen LogP contribution is -2.02. The first kappa shape index (κ1) is 10.5. The predicted molar refractivity (Wildman–Crippen MR) is 59.8 cm³/mol. The maximum absolute atomic E-state index is 10.5. The third kappa shape index (κ3) is 3.34. The first-order chi connectivity index (χ1) is 6.09. The van der Waals surface area contributed by atoms with Crippen molar-refractivity contribution in [2.75, 3.05) is 0 Å². The average molecular weight is 290 g/mol.